The Bertz CT molecular complexity index is 1180. The van der Waals surface area contributed by atoms with Gasteiger partial charge in [0.15, 0.2) is 0 Å². The molecule has 4 rings (SSSR count). The maximum Gasteiger partial charge on any atom is 0.337 e. The highest BCUT2D eigenvalue weighted by Gasteiger charge is 2.24. The minimum atomic E-state index is -1.14. The van der Waals surface area contributed by atoms with E-state index in [0.717, 1.165) is 27.7 Å². The predicted octanol–water partition coefficient (Wildman–Crippen LogP) is 3.81. The van der Waals surface area contributed by atoms with Crippen molar-refractivity contribution in [3.05, 3.63) is 58.1 Å². The van der Waals surface area contributed by atoms with Crippen molar-refractivity contribution in [2.45, 2.75) is 26.2 Å². The molecule has 0 fully saturated rings. The van der Waals surface area contributed by atoms with Crippen molar-refractivity contribution in [3.63, 3.8) is 0 Å². The first-order valence-electron chi connectivity index (χ1n) is 9.15. The van der Waals surface area contributed by atoms with Gasteiger partial charge in [0, 0.05) is 28.7 Å². The molecule has 0 bridgehead atoms. The summed E-state index contributed by atoms with van der Waals surface area (Å²) in [6, 6.07) is 10.7. The number of aromatic carboxylic acids is 1. The SMILES string of the molecule is CC(C)c1cc2c3c(c(-c4ccc(C#N)c(C(=O)O)c4)[nH]c3c1)CCNC2=O. The molecule has 1 aliphatic rings. The fourth-order valence-corrected chi connectivity index (χ4v) is 3.80. The van der Waals surface area contributed by atoms with Gasteiger partial charge in [0.25, 0.3) is 5.91 Å². The lowest BCUT2D eigenvalue weighted by atomic mass is 9.94. The summed E-state index contributed by atoms with van der Waals surface area (Å²) in [5, 5.41) is 22.4. The minimum Gasteiger partial charge on any atom is -0.478 e. The number of H-pyrrole nitrogens is 1. The quantitative estimate of drug-likeness (QED) is 0.649. The van der Waals surface area contributed by atoms with Gasteiger partial charge in [0.2, 0.25) is 0 Å². The Balaban J connectivity index is 2.01. The summed E-state index contributed by atoms with van der Waals surface area (Å²) in [7, 11) is 0. The molecule has 2 heterocycles. The van der Waals surface area contributed by atoms with Crippen LogP contribution in [0.25, 0.3) is 22.2 Å². The number of aromatic amines is 1. The van der Waals surface area contributed by atoms with Crippen LogP contribution in [0.15, 0.2) is 30.3 Å². The fraction of sp³-hybridized carbons (Fsp3) is 0.227. The molecule has 0 saturated carbocycles. The van der Waals surface area contributed by atoms with Crippen LogP contribution in [0.4, 0.5) is 0 Å². The van der Waals surface area contributed by atoms with Gasteiger partial charge in [-0.25, -0.2) is 4.79 Å². The number of amides is 1. The normalized spacial score (nSPS) is 13.3. The van der Waals surface area contributed by atoms with Gasteiger partial charge >= 0.3 is 5.97 Å². The van der Waals surface area contributed by atoms with Crippen molar-refractivity contribution in [2.75, 3.05) is 6.54 Å². The van der Waals surface area contributed by atoms with Gasteiger partial charge in [0.05, 0.1) is 11.1 Å². The lowest BCUT2D eigenvalue weighted by Crippen LogP contribution is -2.23. The maximum atomic E-state index is 12.6. The smallest absolute Gasteiger partial charge is 0.337 e. The summed E-state index contributed by atoms with van der Waals surface area (Å²) in [4.78, 5) is 27.6. The van der Waals surface area contributed by atoms with Gasteiger partial charge in [-0.2, -0.15) is 5.26 Å². The molecule has 0 spiro atoms. The lowest BCUT2D eigenvalue weighted by Gasteiger charge is -2.09. The molecule has 2 aromatic carbocycles. The fourth-order valence-electron chi connectivity index (χ4n) is 3.80. The number of nitrogens with zero attached hydrogens (tertiary/aromatic N) is 1. The van der Waals surface area contributed by atoms with E-state index in [9.17, 15) is 20.0 Å². The van der Waals surface area contributed by atoms with Crippen LogP contribution in [0.3, 0.4) is 0 Å². The number of carbonyl (C=O) groups is 2. The Morgan fingerprint density at radius 2 is 2.04 bits per heavy atom. The number of carbonyl (C=O) groups excluding carboxylic acids is 1. The van der Waals surface area contributed by atoms with E-state index in [0.29, 0.717) is 24.1 Å². The molecule has 1 amide bonds. The highest BCUT2D eigenvalue weighted by atomic mass is 16.4. The van der Waals surface area contributed by atoms with E-state index in [1.165, 1.54) is 12.1 Å². The molecule has 0 radical (unpaired) electrons. The van der Waals surface area contributed by atoms with Crippen LogP contribution >= 0.6 is 0 Å². The Morgan fingerprint density at radius 3 is 2.71 bits per heavy atom. The number of carboxylic acids is 1. The topological polar surface area (TPSA) is 106 Å². The Morgan fingerprint density at radius 1 is 1.25 bits per heavy atom. The van der Waals surface area contributed by atoms with Crippen LogP contribution in [0.1, 0.15) is 57.2 Å². The second-order valence-corrected chi connectivity index (χ2v) is 7.31. The zero-order valence-corrected chi connectivity index (χ0v) is 15.6. The number of nitrogens with one attached hydrogen (secondary N) is 2. The highest BCUT2D eigenvalue weighted by molar-refractivity contribution is 6.10. The molecule has 0 atom stereocenters. The molecule has 3 N–H and O–H groups in total. The first-order valence-corrected chi connectivity index (χ1v) is 9.15. The van der Waals surface area contributed by atoms with Crippen LogP contribution in [0, 0.1) is 11.3 Å². The molecular formula is C22H19N3O3. The van der Waals surface area contributed by atoms with Crippen LogP contribution < -0.4 is 5.32 Å². The Labute approximate surface area is 161 Å². The number of hydrogen-bond donors (Lipinski definition) is 3. The van der Waals surface area contributed by atoms with E-state index < -0.39 is 5.97 Å². The summed E-state index contributed by atoms with van der Waals surface area (Å²) >= 11 is 0. The molecule has 6 heteroatoms. The van der Waals surface area contributed by atoms with Crippen LogP contribution in [0.2, 0.25) is 0 Å². The van der Waals surface area contributed by atoms with Crippen molar-refractivity contribution in [1.29, 1.82) is 5.26 Å². The Hall–Kier alpha value is -3.59. The van der Waals surface area contributed by atoms with Gasteiger partial charge < -0.3 is 15.4 Å². The summed E-state index contributed by atoms with van der Waals surface area (Å²) in [6.45, 7) is 4.66. The summed E-state index contributed by atoms with van der Waals surface area (Å²) < 4.78 is 0. The first kappa shape index (κ1) is 17.8. The van der Waals surface area contributed by atoms with Crippen molar-refractivity contribution in [3.8, 4) is 17.3 Å². The molecular weight excluding hydrogens is 354 g/mol. The molecule has 28 heavy (non-hydrogen) atoms. The van der Waals surface area contributed by atoms with Crippen molar-refractivity contribution < 1.29 is 14.7 Å². The summed E-state index contributed by atoms with van der Waals surface area (Å²) in [5.41, 5.74) is 5.13. The Kier molecular flexibility index (Phi) is 4.16. The maximum absolute atomic E-state index is 12.6. The molecule has 3 aromatic rings. The van der Waals surface area contributed by atoms with Gasteiger partial charge in [-0.15, -0.1) is 0 Å². The van der Waals surface area contributed by atoms with Crippen LogP contribution in [-0.2, 0) is 6.42 Å². The first-order chi connectivity index (χ1) is 13.4. The van der Waals surface area contributed by atoms with Gasteiger partial charge in [-0.3, -0.25) is 4.79 Å². The van der Waals surface area contributed by atoms with Gasteiger partial charge in [0.1, 0.15) is 6.07 Å². The van der Waals surface area contributed by atoms with Crippen molar-refractivity contribution in [2.24, 2.45) is 0 Å². The zero-order valence-electron chi connectivity index (χ0n) is 15.6. The standard InChI is InChI=1S/C22H19N3O3/c1-11(2)14-8-17-19-15(5-6-24-21(17)26)20(25-18(19)9-14)12-3-4-13(10-23)16(7-12)22(27)28/h3-4,7-9,11,25H,5-6H2,1-2H3,(H,24,26)(H,27,28). The lowest BCUT2D eigenvalue weighted by molar-refractivity contribution is 0.0696. The predicted molar refractivity (Wildman–Crippen MR) is 106 cm³/mol. The number of nitriles is 1. The van der Waals surface area contributed by atoms with Gasteiger partial charge in [-0.1, -0.05) is 19.9 Å². The monoisotopic (exact) mass is 373 g/mol. The number of carboxylic acid groups (broad SMARTS) is 1. The second kappa shape index (κ2) is 6.54. The number of hydrogen-bond acceptors (Lipinski definition) is 3. The van der Waals surface area contributed by atoms with E-state index in [1.807, 2.05) is 12.1 Å². The largest absolute Gasteiger partial charge is 0.478 e. The van der Waals surface area contributed by atoms with Gasteiger partial charge in [-0.05, 0) is 53.3 Å². The zero-order chi connectivity index (χ0) is 20.0. The van der Waals surface area contributed by atoms with Crippen LogP contribution in [-0.4, -0.2) is 28.5 Å². The van der Waals surface area contributed by atoms with E-state index in [2.05, 4.69) is 30.2 Å². The summed E-state index contributed by atoms with van der Waals surface area (Å²) in [6.07, 6.45) is 0.636. The number of rotatable bonds is 3. The third-order valence-electron chi connectivity index (χ3n) is 5.25. The molecule has 0 saturated heterocycles. The van der Waals surface area contributed by atoms with E-state index >= 15 is 0 Å². The van der Waals surface area contributed by atoms with Crippen LogP contribution in [0.5, 0.6) is 0 Å². The molecule has 1 aliphatic heterocycles. The second-order valence-electron chi connectivity index (χ2n) is 7.31. The average molecular weight is 373 g/mol. The molecule has 1 aromatic heterocycles. The third-order valence-corrected chi connectivity index (χ3v) is 5.25. The summed E-state index contributed by atoms with van der Waals surface area (Å²) in [5.74, 6) is -0.969. The van der Waals surface area contributed by atoms with E-state index in [1.54, 1.807) is 6.07 Å². The molecule has 6 nitrogen and oxygen atoms in total. The molecule has 0 unspecified atom stereocenters. The van der Waals surface area contributed by atoms with Crippen molar-refractivity contribution in [1.82, 2.24) is 10.3 Å². The molecule has 0 aliphatic carbocycles. The number of benzene rings is 2. The highest BCUT2D eigenvalue weighted by Crippen LogP contribution is 2.36. The van der Waals surface area contributed by atoms with E-state index in [4.69, 9.17) is 0 Å². The minimum absolute atomic E-state index is 0.0308. The third kappa shape index (κ3) is 2.72. The average Bonchev–Trinajstić information content (AvgIpc) is 2.95. The number of aromatic nitrogens is 1. The van der Waals surface area contributed by atoms with Crippen molar-refractivity contribution >= 4 is 22.8 Å². The molecule has 140 valence electrons. The van der Waals surface area contributed by atoms with E-state index in [-0.39, 0.29) is 23.0 Å².